The first-order chi connectivity index (χ1) is 47.7. The minimum Gasteiger partial charge on any atom is -0.309 e. The number of thiophene rings is 2. The van der Waals surface area contributed by atoms with Crippen LogP contribution in [0.2, 0.25) is 0 Å². The first kappa shape index (κ1) is 53.4. The van der Waals surface area contributed by atoms with E-state index in [1.165, 1.54) is 161 Å². The van der Waals surface area contributed by atoms with E-state index in [9.17, 15) is 0 Å². The topological polar surface area (TPSA) is 15.3 Å². The first-order valence-corrected chi connectivity index (χ1v) is 34.5. The molecule has 0 N–H and O–H groups in total. The molecule has 6 heteroatoms. The maximum Gasteiger partial charge on any atom is 0.0640 e. The number of rotatable bonds is 10. The molecule has 0 aliphatic carbocycles. The van der Waals surface area contributed by atoms with E-state index in [0.717, 1.165) is 33.9 Å². The van der Waals surface area contributed by atoms with Crippen LogP contribution < -0.4 is 9.80 Å². The number of anilines is 6. The summed E-state index contributed by atoms with van der Waals surface area (Å²) in [6, 6.07) is 122. The number of fused-ring (bicyclic) bond motifs is 18. The van der Waals surface area contributed by atoms with E-state index in [0.29, 0.717) is 0 Å². The second-order valence-electron chi connectivity index (χ2n) is 25.4. The van der Waals surface area contributed by atoms with Crippen LogP contribution in [0.25, 0.3) is 161 Å². The van der Waals surface area contributed by atoms with E-state index in [1.807, 2.05) is 22.7 Å². The third-order valence-corrected chi connectivity index (χ3v) is 22.7. The molecule has 6 heterocycles. The summed E-state index contributed by atoms with van der Waals surface area (Å²) in [5.41, 5.74) is 23.7. The van der Waals surface area contributed by atoms with Crippen molar-refractivity contribution in [1.29, 1.82) is 0 Å². The molecule has 0 aliphatic heterocycles. The van der Waals surface area contributed by atoms with E-state index < -0.39 is 0 Å². The van der Waals surface area contributed by atoms with Gasteiger partial charge in [0.2, 0.25) is 0 Å². The van der Waals surface area contributed by atoms with E-state index in [-0.39, 0.29) is 0 Å². The summed E-state index contributed by atoms with van der Waals surface area (Å²) >= 11 is 3.73. The highest BCUT2D eigenvalue weighted by Crippen LogP contribution is 2.55. The number of hydrogen-bond acceptors (Lipinski definition) is 4. The third kappa shape index (κ3) is 7.71. The molecule has 0 saturated carbocycles. The van der Waals surface area contributed by atoms with Gasteiger partial charge in [0, 0.05) is 108 Å². The van der Waals surface area contributed by atoms with Gasteiger partial charge in [0.1, 0.15) is 0 Å². The largest absolute Gasteiger partial charge is 0.309 e. The molecule has 21 rings (SSSR count). The van der Waals surface area contributed by atoms with Gasteiger partial charge in [0.15, 0.2) is 0 Å². The van der Waals surface area contributed by atoms with Crippen molar-refractivity contribution in [3.63, 3.8) is 0 Å². The number of aromatic nitrogens is 2. The van der Waals surface area contributed by atoms with Gasteiger partial charge < -0.3 is 18.6 Å². The molecular formula is C90H54N4S2. The maximum atomic E-state index is 2.64. The Bertz CT molecular complexity index is 6260. The fourth-order valence-electron chi connectivity index (χ4n) is 16.3. The van der Waals surface area contributed by atoms with Gasteiger partial charge >= 0.3 is 0 Å². The molecular weight excluding hydrogens is 1200 g/mol. The van der Waals surface area contributed by atoms with Crippen molar-refractivity contribution < 1.29 is 0 Å². The molecule has 0 aliphatic rings. The van der Waals surface area contributed by atoms with E-state index in [4.69, 9.17) is 0 Å². The van der Waals surface area contributed by atoms with E-state index in [2.05, 4.69) is 346 Å². The lowest BCUT2D eigenvalue weighted by atomic mass is 9.89. The average molecular weight is 1260 g/mol. The number of para-hydroxylation sites is 4. The van der Waals surface area contributed by atoms with E-state index >= 15 is 0 Å². The van der Waals surface area contributed by atoms with Crippen molar-refractivity contribution in [3.05, 3.63) is 328 Å². The van der Waals surface area contributed by atoms with Gasteiger partial charge in [-0.05, 0) is 118 Å². The molecule has 0 spiro atoms. The summed E-state index contributed by atoms with van der Waals surface area (Å²) in [4.78, 5) is 4.84. The predicted octanol–water partition coefficient (Wildman–Crippen LogP) is 26.3. The quantitative estimate of drug-likeness (QED) is 0.136. The third-order valence-electron chi connectivity index (χ3n) is 20.3. The van der Waals surface area contributed by atoms with Crippen molar-refractivity contribution >= 4 is 173 Å². The molecule has 0 saturated heterocycles. The molecule has 446 valence electrons. The van der Waals surface area contributed by atoms with Crippen LogP contribution in [-0.2, 0) is 0 Å². The Morgan fingerprint density at radius 3 is 0.979 bits per heavy atom. The van der Waals surface area contributed by atoms with Crippen molar-refractivity contribution in [2.75, 3.05) is 9.80 Å². The summed E-state index contributed by atoms with van der Waals surface area (Å²) in [7, 11) is 0. The normalized spacial score (nSPS) is 12.2. The van der Waals surface area contributed by atoms with Gasteiger partial charge in [-0.1, -0.05) is 243 Å². The van der Waals surface area contributed by atoms with Crippen molar-refractivity contribution in [3.8, 4) is 44.5 Å². The first-order valence-electron chi connectivity index (χ1n) is 32.9. The molecule has 0 unspecified atom stereocenters. The second-order valence-corrected chi connectivity index (χ2v) is 27.5. The summed E-state index contributed by atoms with van der Waals surface area (Å²) in [6.45, 7) is 0. The van der Waals surface area contributed by atoms with Crippen molar-refractivity contribution in [2.45, 2.75) is 0 Å². The van der Waals surface area contributed by atoms with Crippen LogP contribution in [0.1, 0.15) is 0 Å². The van der Waals surface area contributed by atoms with Gasteiger partial charge in [-0.2, -0.15) is 0 Å². The zero-order valence-electron chi connectivity index (χ0n) is 51.8. The minimum atomic E-state index is 1.11. The van der Waals surface area contributed by atoms with Crippen LogP contribution in [0.4, 0.5) is 34.1 Å². The average Bonchev–Trinajstić information content (AvgIpc) is 1.47. The Labute approximate surface area is 560 Å². The lowest BCUT2D eigenvalue weighted by Crippen LogP contribution is -2.09. The molecule has 0 bridgehead atoms. The lowest BCUT2D eigenvalue weighted by Gasteiger charge is -2.26. The highest BCUT2D eigenvalue weighted by molar-refractivity contribution is 7.26. The van der Waals surface area contributed by atoms with Crippen molar-refractivity contribution in [2.24, 2.45) is 0 Å². The smallest absolute Gasteiger partial charge is 0.0640 e. The Hall–Kier alpha value is -12.1. The molecule has 4 nitrogen and oxygen atoms in total. The Morgan fingerprint density at radius 1 is 0.219 bits per heavy atom. The lowest BCUT2D eigenvalue weighted by molar-refractivity contribution is 1.30. The van der Waals surface area contributed by atoms with Gasteiger partial charge in [-0.3, -0.25) is 0 Å². The Kier molecular flexibility index (Phi) is 11.5. The van der Waals surface area contributed by atoms with Crippen LogP contribution in [0.5, 0.6) is 0 Å². The van der Waals surface area contributed by atoms with Crippen LogP contribution in [0.15, 0.2) is 328 Å². The fraction of sp³-hybridized carbons (Fsp3) is 0. The summed E-state index contributed by atoms with van der Waals surface area (Å²) in [5, 5.41) is 15.2. The molecule has 21 aromatic rings. The Morgan fingerprint density at radius 2 is 0.552 bits per heavy atom. The number of hydrogen-bond donors (Lipinski definition) is 0. The zero-order valence-corrected chi connectivity index (χ0v) is 53.4. The monoisotopic (exact) mass is 1250 g/mol. The van der Waals surface area contributed by atoms with Crippen LogP contribution >= 0.6 is 22.7 Å². The zero-order chi connectivity index (χ0) is 62.7. The molecule has 0 fully saturated rings. The Balaban J connectivity index is 0.770. The number of benzene rings is 15. The van der Waals surface area contributed by atoms with Gasteiger partial charge in [-0.15, -0.1) is 22.7 Å². The predicted molar refractivity (Wildman–Crippen MR) is 413 cm³/mol. The van der Waals surface area contributed by atoms with E-state index in [1.54, 1.807) is 0 Å². The summed E-state index contributed by atoms with van der Waals surface area (Å²) in [5.74, 6) is 0. The highest BCUT2D eigenvalue weighted by atomic mass is 32.1. The molecule has 15 aromatic carbocycles. The van der Waals surface area contributed by atoms with Crippen LogP contribution in [0.3, 0.4) is 0 Å². The fourth-order valence-corrected chi connectivity index (χ4v) is 18.7. The summed E-state index contributed by atoms with van der Waals surface area (Å²) in [6.07, 6.45) is 0. The van der Waals surface area contributed by atoms with Crippen LogP contribution in [0, 0.1) is 0 Å². The van der Waals surface area contributed by atoms with Gasteiger partial charge in [0.05, 0.1) is 53.9 Å². The van der Waals surface area contributed by atoms with Gasteiger partial charge in [0.25, 0.3) is 0 Å². The number of nitrogens with zero attached hydrogens (tertiary/aromatic N) is 4. The molecule has 6 aromatic heterocycles. The SMILES string of the molecule is c1ccc(-c2c3c4cccc5c6ccc(-c7ccc(N(c8ccccc8)c8cccc9c8sc8ccccc89)cc7)cc6n(c3c(-c3ccccc3)c3c6cccc7c8ccc(-c9ccc(N(c%10ccccc%10)c%10cccc%11c%10sc%10ccccc%10%11)cc9)cc8n(c23)c76)c54)cc1. The standard InChI is InChI=1S/C90H54N4S2/c1-5-21-57(22-6-1)81-83-73-35-17-31-69-66-52-46-60(56-43-49-64(50-44-56)92(62-27-11-4-12-28-62)76-38-20-34-72-68-30-14-16-40-80(68)96-90(72)76)54-78(66)94(85(69)73)88(83)82(58-23-7-2-8-24-58)84-74-36-18-32-70-65-51-45-59(53-77(65)93(86(70)74)87(81)84)55-41-47-63(48-42-55)91(61-25-9-3-10-26-61)75-37-19-33-71-67-29-13-15-39-79(67)95-89(71)75/h1-54H. The molecule has 0 amide bonds. The second kappa shape index (κ2) is 20.7. The van der Waals surface area contributed by atoms with Gasteiger partial charge in [-0.25, -0.2) is 0 Å². The van der Waals surface area contributed by atoms with Crippen LogP contribution in [-0.4, -0.2) is 8.80 Å². The minimum absolute atomic E-state index is 1.11. The molecule has 0 radical (unpaired) electrons. The summed E-state index contributed by atoms with van der Waals surface area (Å²) < 4.78 is 10.4. The highest BCUT2D eigenvalue weighted by Gasteiger charge is 2.31. The maximum absolute atomic E-state index is 2.64. The molecule has 96 heavy (non-hydrogen) atoms. The molecule has 0 atom stereocenters. The van der Waals surface area contributed by atoms with Crippen molar-refractivity contribution in [1.82, 2.24) is 8.80 Å².